The van der Waals surface area contributed by atoms with Crippen molar-refractivity contribution in [1.82, 2.24) is 0 Å². The number of carbonyl (C=O) groups excluding carboxylic acids is 1. The van der Waals surface area contributed by atoms with Crippen LogP contribution in [0.4, 0.5) is 0 Å². The molecular weight excluding hydrogens is 412 g/mol. The Morgan fingerprint density at radius 2 is 1.58 bits per heavy atom. The Morgan fingerprint density at radius 1 is 0.909 bits per heavy atom. The summed E-state index contributed by atoms with van der Waals surface area (Å²) in [7, 11) is 0. The molecule has 0 aliphatic heterocycles. The average molecular weight is 461 g/mol. The van der Waals surface area contributed by atoms with Crippen LogP contribution in [0.1, 0.15) is 123 Å². The number of Topliss-reactive ketones (excluding diaryl/α,β-unsaturated/α-hetero) is 1. The van der Waals surface area contributed by atoms with Crippen LogP contribution in [0.5, 0.6) is 0 Å². The van der Waals surface area contributed by atoms with Gasteiger partial charge in [0.1, 0.15) is 5.78 Å². The number of carbonyl (C=O) groups is 2. The molecule has 4 heteroatoms. The third kappa shape index (κ3) is 5.07. The molecule has 0 saturated heterocycles. The van der Waals surface area contributed by atoms with Crippen LogP contribution in [-0.2, 0) is 9.59 Å². The topological polar surface area (TPSA) is 74.6 Å². The number of aliphatic hydroxyl groups excluding tert-OH is 1. The fraction of sp³-hybridized carbons (Fsp3) is 0.931. The number of carboxylic acid groups (broad SMARTS) is 1. The van der Waals surface area contributed by atoms with Crippen LogP contribution in [0.3, 0.4) is 0 Å². The molecule has 8 atom stereocenters. The van der Waals surface area contributed by atoms with E-state index >= 15 is 0 Å². The molecule has 0 aromatic rings. The summed E-state index contributed by atoms with van der Waals surface area (Å²) in [4.78, 5) is 23.0. The number of hydrogen-bond acceptors (Lipinski definition) is 3. The van der Waals surface area contributed by atoms with Gasteiger partial charge in [0.2, 0.25) is 0 Å². The van der Waals surface area contributed by atoms with Gasteiger partial charge in [-0.15, -0.1) is 0 Å². The fourth-order valence-electron chi connectivity index (χ4n) is 9.06. The Hall–Kier alpha value is -0.900. The highest BCUT2D eigenvalue weighted by atomic mass is 16.4. The molecule has 0 aromatic carbocycles. The summed E-state index contributed by atoms with van der Waals surface area (Å²) < 4.78 is 0. The molecule has 4 aliphatic rings. The van der Waals surface area contributed by atoms with Gasteiger partial charge in [-0.3, -0.25) is 9.59 Å². The zero-order valence-corrected chi connectivity index (χ0v) is 21.2. The van der Waals surface area contributed by atoms with Gasteiger partial charge in [0.15, 0.2) is 0 Å². The number of ketones is 1. The molecule has 0 heterocycles. The molecule has 0 aromatic heterocycles. The number of aliphatic carboxylic acids is 1. The lowest BCUT2D eigenvalue weighted by molar-refractivity contribution is -0.156. The summed E-state index contributed by atoms with van der Waals surface area (Å²) >= 11 is 0. The van der Waals surface area contributed by atoms with Gasteiger partial charge in [-0.1, -0.05) is 58.8 Å². The highest BCUT2D eigenvalue weighted by Gasteiger charge is 2.62. The summed E-state index contributed by atoms with van der Waals surface area (Å²) in [6.45, 7) is 4.90. The Bertz CT molecular complexity index is 704. The van der Waals surface area contributed by atoms with Crippen LogP contribution in [0.15, 0.2) is 0 Å². The normalized spacial score (nSPS) is 42.5. The second kappa shape index (κ2) is 10.4. The van der Waals surface area contributed by atoms with Crippen molar-refractivity contribution >= 4 is 11.8 Å². The van der Waals surface area contributed by atoms with E-state index in [2.05, 4.69) is 13.8 Å². The van der Waals surface area contributed by atoms with Crippen molar-refractivity contribution < 1.29 is 19.8 Å². The predicted molar refractivity (Wildman–Crippen MR) is 131 cm³/mol. The first-order chi connectivity index (χ1) is 15.8. The van der Waals surface area contributed by atoms with Crippen molar-refractivity contribution in [3.05, 3.63) is 0 Å². The fourth-order valence-corrected chi connectivity index (χ4v) is 9.06. The molecule has 4 saturated carbocycles. The SMILES string of the molecule is C[C@]12CCC(=O)C[C@@H]1C[C@H](CCCCCCCCCC(=O)O)[C@@H]1[C@@H]2CC[C@]2(C)[C@@H](O)CC[C@@H]12. The van der Waals surface area contributed by atoms with E-state index in [1.165, 1.54) is 57.8 Å². The van der Waals surface area contributed by atoms with E-state index in [1.807, 2.05) is 0 Å². The van der Waals surface area contributed by atoms with E-state index in [1.54, 1.807) is 0 Å². The second-order valence-electron chi connectivity index (χ2n) is 12.8. The van der Waals surface area contributed by atoms with Crippen LogP contribution in [-0.4, -0.2) is 28.1 Å². The van der Waals surface area contributed by atoms with Gasteiger partial charge >= 0.3 is 5.97 Å². The number of hydrogen-bond donors (Lipinski definition) is 2. The Labute approximate surface area is 201 Å². The smallest absolute Gasteiger partial charge is 0.303 e. The Kier molecular flexibility index (Phi) is 7.93. The average Bonchev–Trinajstić information content (AvgIpc) is 3.07. The number of rotatable bonds is 10. The zero-order chi connectivity index (χ0) is 23.6. The first kappa shape index (κ1) is 25.2. The molecule has 4 fully saturated rings. The van der Waals surface area contributed by atoms with Gasteiger partial charge in [0, 0.05) is 19.3 Å². The van der Waals surface area contributed by atoms with Crippen molar-refractivity contribution in [1.29, 1.82) is 0 Å². The number of carboxylic acids is 1. The molecule has 188 valence electrons. The molecule has 2 N–H and O–H groups in total. The standard InChI is InChI=1S/C29H48O4/c1-28-16-14-22(30)19-21(28)18-20(10-8-6-4-3-5-7-9-11-26(32)33)27-23-12-13-25(31)29(23,2)17-15-24(27)28/h20-21,23-25,27,31H,3-19H2,1-2H3,(H,32,33)/t20-,21-,23-,24-,25-,27-,28-,29-/m0/s1. The van der Waals surface area contributed by atoms with Crippen LogP contribution in [0.25, 0.3) is 0 Å². The van der Waals surface area contributed by atoms with E-state index in [4.69, 9.17) is 5.11 Å². The first-order valence-corrected chi connectivity index (χ1v) is 14.2. The number of aliphatic hydroxyl groups is 1. The zero-order valence-electron chi connectivity index (χ0n) is 21.2. The van der Waals surface area contributed by atoms with Gasteiger partial charge in [-0.05, 0) is 85.4 Å². The van der Waals surface area contributed by atoms with E-state index in [0.29, 0.717) is 29.5 Å². The minimum absolute atomic E-state index is 0.114. The summed E-state index contributed by atoms with van der Waals surface area (Å²) in [5.41, 5.74) is 0.447. The molecule has 0 bridgehead atoms. The summed E-state index contributed by atoms with van der Waals surface area (Å²) in [6.07, 6.45) is 18.1. The van der Waals surface area contributed by atoms with E-state index in [0.717, 1.165) is 62.7 Å². The van der Waals surface area contributed by atoms with E-state index < -0.39 is 5.97 Å². The van der Waals surface area contributed by atoms with Crippen molar-refractivity contribution in [3.63, 3.8) is 0 Å². The maximum absolute atomic E-state index is 12.4. The lowest BCUT2D eigenvalue weighted by atomic mass is 9.42. The predicted octanol–water partition coefficient (Wildman–Crippen LogP) is 6.78. The van der Waals surface area contributed by atoms with Crippen molar-refractivity contribution in [2.45, 2.75) is 129 Å². The van der Waals surface area contributed by atoms with Gasteiger partial charge in [-0.2, -0.15) is 0 Å². The summed E-state index contributed by atoms with van der Waals surface area (Å²) in [6, 6.07) is 0. The third-order valence-electron chi connectivity index (χ3n) is 11.1. The number of unbranched alkanes of at least 4 members (excludes halogenated alkanes) is 6. The molecule has 0 spiro atoms. The Balaban J connectivity index is 1.35. The lowest BCUT2D eigenvalue weighted by Crippen LogP contribution is -2.57. The summed E-state index contributed by atoms with van der Waals surface area (Å²) in [5.74, 6) is 3.28. The highest BCUT2D eigenvalue weighted by Crippen LogP contribution is 2.67. The minimum atomic E-state index is -0.676. The van der Waals surface area contributed by atoms with Crippen LogP contribution < -0.4 is 0 Å². The summed E-state index contributed by atoms with van der Waals surface area (Å²) in [5, 5.41) is 19.6. The van der Waals surface area contributed by atoms with Crippen molar-refractivity contribution in [2.75, 3.05) is 0 Å². The van der Waals surface area contributed by atoms with E-state index in [-0.39, 0.29) is 11.5 Å². The van der Waals surface area contributed by atoms with Crippen molar-refractivity contribution in [3.8, 4) is 0 Å². The van der Waals surface area contributed by atoms with E-state index in [9.17, 15) is 14.7 Å². The quantitative estimate of drug-likeness (QED) is 0.352. The molecule has 4 aliphatic carbocycles. The van der Waals surface area contributed by atoms with Crippen molar-refractivity contribution in [2.24, 2.45) is 40.4 Å². The maximum Gasteiger partial charge on any atom is 0.303 e. The molecule has 0 unspecified atom stereocenters. The van der Waals surface area contributed by atoms with Gasteiger partial charge < -0.3 is 10.2 Å². The lowest BCUT2D eigenvalue weighted by Gasteiger charge is -2.62. The van der Waals surface area contributed by atoms with Crippen LogP contribution in [0.2, 0.25) is 0 Å². The monoisotopic (exact) mass is 460 g/mol. The molecule has 0 radical (unpaired) electrons. The molecule has 4 rings (SSSR count). The van der Waals surface area contributed by atoms with Gasteiger partial charge in [0.25, 0.3) is 0 Å². The Morgan fingerprint density at radius 3 is 2.30 bits per heavy atom. The largest absolute Gasteiger partial charge is 0.481 e. The van der Waals surface area contributed by atoms with Crippen LogP contribution in [0, 0.1) is 40.4 Å². The molecule has 33 heavy (non-hydrogen) atoms. The second-order valence-corrected chi connectivity index (χ2v) is 12.8. The first-order valence-electron chi connectivity index (χ1n) is 14.2. The van der Waals surface area contributed by atoms with Gasteiger partial charge in [-0.25, -0.2) is 0 Å². The minimum Gasteiger partial charge on any atom is -0.481 e. The molecular formula is C29H48O4. The molecule has 0 amide bonds. The highest BCUT2D eigenvalue weighted by molar-refractivity contribution is 5.79. The number of fused-ring (bicyclic) bond motifs is 5. The van der Waals surface area contributed by atoms with Gasteiger partial charge in [0.05, 0.1) is 6.10 Å². The maximum atomic E-state index is 12.4. The van der Waals surface area contributed by atoms with Crippen LogP contribution >= 0.6 is 0 Å². The third-order valence-corrected chi connectivity index (χ3v) is 11.1. The molecule has 4 nitrogen and oxygen atoms in total.